The Hall–Kier alpha value is -2.73. The smallest absolute Gasteiger partial charge is 0.295 e. The summed E-state index contributed by atoms with van der Waals surface area (Å²) in [5, 5.41) is 2.58. The molecule has 3 rings (SSSR count). The van der Waals surface area contributed by atoms with Gasteiger partial charge < -0.3 is 5.32 Å². The lowest BCUT2D eigenvalue weighted by Crippen LogP contribution is -2.31. The third kappa shape index (κ3) is 4.38. The number of alkyl halides is 2. The monoisotopic (exact) mass is 458 g/mol. The van der Waals surface area contributed by atoms with Gasteiger partial charge in [-0.15, -0.1) is 0 Å². The van der Waals surface area contributed by atoms with Crippen molar-refractivity contribution in [3.05, 3.63) is 45.4 Å². The minimum absolute atomic E-state index is 0.00828. The zero-order chi connectivity index (χ0) is 22.2. The molecule has 160 valence electrons. The van der Waals surface area contributed by atoms with Crippen LogP contribution in [0.15, 0.2) is 28.0 Å². The minimum atomic E-state index is -3.39. The molecule has 13 heteroatoms. The molecule has 0 aliphatic carbocycles. The van der Waals surface area contributed by atoms with Crippen molar-refractivity contribution in [3.8, 4) is 0 Å². The molecule has 0 fully saturated rings. The van der Waals surface area contributed by atoms with Crippen molar-refractivity contribution < 1.29 is 17.2 Å². The number of halogens is 3. The fourth-order valence-corrected chi connectivity index (χ4v) is 3.47. The Kier molecular flexibility index (Phi) is 5.99. The number of nitrogens with zero attached hydrogens (tertiary/aromatic N) is 5. The van der Waals surface area contributed by atoms with Gasteiger partial charge in [-0.1, -0.05) is 0 Å². The number of rotatable bonds is 6. The maximum absolute atomic E-state index is 13.4. The second kappa shape index (κ2) is 8.19. The summed E-state index contributed by atoms with van der Waals surface area (Å²) in [5.41, 5.74) is -0.0155. The number of aryl methyl sites for hydroxylation is 1. The molecule has 0 aliphatic rings. The standard InChI is InChI=1S/C17H17ClF2N6O3S/c1-8-12-15(25-17(18)23-8)26(9(2)13(19)20)16(27)14(24-12)22-6-10-4-5-11(7-21-10)30(3,28)29/h4-5,7,9,13H,6H2,1-3H3,(H,22,24). The lowest BCUT2D eigenvalue weighted by molar-refractivity contribution is 0.0916. The molecule has 3 heterocycles. The average molecular weight is 459 g/mol. The van der Waals surface area contributed by atoms with Gasteiger partial charge in [-0.2, -0.15) is 4.98 Å². The number of hydrogen-bond donors (Lipinski definition) is 1. The molecule has 0 radical (unpaired) electrons. The highest BCUT2D eigenvalue weighted by molar-refractivity contribution is 7.90. The largest absolute Gasteiger partial charge is 0.360 e. The number of hydrogen-bond acceptors (Lipinski definition) is 8. The van der Waals surface area contributed by atoms with E-state index in [2.05, 4.69) is 25.3 Å². The zero-order valence-corrected chi connectivity index (χ0v) is 17.7. The SMILES string of the molecule is Cc1nc(Cl)nc2c1nc(NCc1ccc(S(C)(=O)=O)cn1)c(=O)n2C(C)C(F)F. The molecule has 3 aromatic heterocycles. The van der Waals surface area contributed by atoms with E-state index in [1.807, 2.05) is 0 Å². The van der Waals surface area contributed by atoms with Crippen LogP contribution in [0.25, 0.3) is 11.2 Å². The van der Waals surface area contributed by atoms with Crippen molar-refractivity contribution in [1.29, 1.82) is 0 Å². The number of aromatic nitrogens is 5. The lowest BCUT2D eigenvalue weighted by Gasteiger charge is -2.18. The fourth-order valence-electron chi connectivity index (χ4n) is 2.70. The van der Waals surface area contributed by atoms with Crippen molar-refractivity contribution in [1.82, 2.24) is 24.5 Å². The molecule has 0 saturated carbocycles. The Bertz CT molecular complexity index is 1270. The van der Waals surface area contributed by atoms with Gasteiger partial charge in [0, 0.05) is 12.5 Å². The Balaban J connectivity index is 2.04. The molecule has 0 bridgehead atoms. The summed E-state index contributed by atoms with van der Waals surface area (Å²) in [6, 6.07) is 1.37. The highest BCUT2D eigenvalue weighted by Gasteiger charge is 2.24. The van der Waals surface area contributed by atoms with E-state index in [0.717, 1.165) is 10.8 Å². The molecule has 1 atom stereocenters. The van der Waals surface area contributed by atoms with E-state index in [4.69, 9.17) is 11.6 Å². The van der Waals surface area contributed by atoms with Gasteiger partial charge in [0.2, 0.25) is 5.28 Å². The van der Waals surface area contributed by atoms with Gasteiger partial charge in [0.1, 0.15) is 5.52 Å². The molecule has 30 heavy (non-hydrogen) atoms. The van der Waals surface area contributed by atoms with Crippen LogP contribution < -0.4 is 10.9 Å². The molecule has 1 unspecified atom stereocenters. The first-order chi connectivity index (χ1) is 14.0. The van der Waals surface area contributed by atoms with E-state index in [1.165, 1.54) is 25.3 Å². The normalized spacial score (nSPS) is 13.0. The van der Waals surface area contributed by atoms with Gasteiger partial charge in [-0.3, -0.25) is 14.3 Å². The second-order valence-electron chi connectivity index (χ2n) is 6.57. The van der Waals surface area contributed by atoms with E-state index in [9.17, 15) is 22.0 Å². The summed E-state index contributed by atoms with van der Waals surface area (Å²) in [7, 11) is -3.39. The molecule has 0 aromatic carbocycles. The van der Waals surface area contributed by atoms with Gasteiger partial charge in [0.25, 0.3) is 12.0 Å². The molecule has 0 amide bonds. The van der Waals surface area contributed by atoms with Crippen LogP contribution in [-0.4, -0.2) is 45.6 Å². The lowest BCUT2D eigenvalue weighted by atomic mass is 10.3. The second-order valence-corrected chi connectivity index (χ2v) is 8.93. The quantitative estimate of drug-likeness (QED) is 0.559. The fraction of sp³-hybridized carbons (Fsp3) is 0.353. The van der Waals surface area contributed by atoms with Crippen LogP contribution in [0, 0.1) is 6.92 Å². The molecule has 1 N–H and O–H groups in total. The number of fused-ring (bicyclic) bond motifs is 1. The van der Waals surface area contributed by atoms with Crippen LogP contribution >= 0.6 is 11.6 Å². The summed E-state index contributed by atoms with van der Waals surface area (Å²) < 4.78 is 50.7. The van der Waals surface area contributed by atoms with Gasteiger partial charge in [0.05, 0.1) is 28.9 Å². The van der Waals surface area contributed by atoms with Crippen molar-refractivity contribution in [2.45, 2.75) is 37.8 Å². The summed E-state index contributed by atoms with van der Waals surface area (Å²) >= 11 is 5.84. The maximum atomic E-state index is 13.4. The summed E-state index contributed by atoms with van der Waals surface area (Å²) in [5.74, 6) is -0.196. The predicted octanol–water partition coefficient (Wildman–Crippen LogP) is 2.39. The number of sulfone groups is 1. The van der Waals surface area contributed by atoms with E-state index in [0.29, 0.717) is 11.4 Å². The number of anilines is 1. The van der Waals surface area contributed by atoms with Crippen molar-refractivity contribution in [2.24, 2.45) is 0 Å². The molecule has 0 spiro atoms. The van der Waals surface area contributed by atoms with Crippen LogP contribution in [0.4, 0.5) is 14.6 Å². The van der Waals surface area contributed by atoms with Gasteiger partial charge in [-0.25, -0.2) is 27.2 Å². The summed E-state index contributed by atoms with van der Waals surface area (Å²) in [4.78, 5) is 29.0. The van der Waals surface area contributed by atoms with Gasteiger partial charge in [0.15, 0.2) is 21.3 Å². The van der Waals surface area contributed by atoms with Crippen LogP contribution in [0.1, 0.15) is 24.4 Å². The van der Waals surface area contributed by atoms with Crippen molar-refractivity contribution >= 4 is 38.4 Å². The number of pyridine rings is 1. The maximum Gasteiger partial charge on any atom is 0.295 e. The van der Waals surface area contributed by atoms with Crippen LogP contribution in [0.5, 0.6) is 0 Å². The predicted molar refractivity (Wildman–Crippen MR) is 107 cm³/mol. The number of nitrogens with one attached hydrogen (secondary N) is 1. The molecule has 0 saturated heterocycles. The van der Waals surface area contributed by atoms with Crippen molar-refractivity contribution in [3.63, 3.8) is 0 Å². The van der Waals surface area contributed by atoms with Gasteiger partial charge >= 0.3 is 0 Å². The highest BCUT2D eigenvalue weighted by atomic mass is 35.5. The van der Waals surface area contributed by atoms with Crippen LogP contribution in [-0.2, 0) is 16.4 Å². The highest BCUT2D eigenvalue weighted by Crippen LogP contribution is 2.22. The summed E-state index contributed by atoms with van der Waals surface area (Å²) in [6.45, 7) is 2.76. The van der Waals surface area contributed by atoms with Gasteiger partial charge in [-0.05, 0) is 37.6 Å². The first-order valence-corrected chi connectivity index (χ1v) is 10.9. The third-order valence-electron chi connectivity index (χ3n) is 4.32. The molecular weight excluding hydrogens is 442 g/mol. The molecular formula is C17H17ClF2N6O3S. The zero-order valence-electron chi connectivity index (χ0n) is 16.1. The topological polar surface area (TPSA) is 120 Å². The molecule has 3 aromatic rings. The Morgan fingerprint density at radius 3 is 2.50 bits per heavy atom. The van der Waals surface area contributed by atoms with Crippen LogP contribution in [0.3, 0.4) is 0 Å². The first kappa shape index (κ1) is 22.0. The average Bonchev–Trinajstić information content (AvgIpc) is 2.65. The Labute approximate surface area is 175 Å². The Morgan fingerprint density at radius 1 is 1.23 bits per heavy atom. The van der Waals surface area contributed by atoms with E-state index >= 15 is 0 Å². The first-order valence-electron chi connectivity index (χ1n) is 8.62. The van der Waals surface area contributed by atoms with E-state index in [-0.39, 0.29) is 33.7 Å². The summed E-state index contributed by atoms with van der Waals surface area (Å²) in [6.07, 6.45) is -0.581. The van der Waals surface area contributed by atoms with Crippen molar-refractivity contribution in [2.75, 3.05) is 11.6 Å². The van der Waals surface area contributed by atoms with E-state index in [1.54, 1.807) is 6.92 Å². The minimum Gasteiger partial charge on any atom is -0.360 e. The molecule has 0 aliphatic heterocycles. The Morgan fingerprint density at radius 2 is 1.93 bits per heavy atom. The van der Waals surface area contributed by atoms with Crippen LogP contribution in [0.2, 0.25) is 5.28 Å². The molecule has 9 nitrogen and oxygen atoms in total. The third-order valence-corrected chi connectivity index (χ3v) is 5.59. The van der Waals surface area contributed by atoms with E-state index < -0.39 is 27.9 Å².